The van der Waals surface area contributed by atoms with Crippen molar-refractivity contribution in [3.05, 3.63) is 6.07 Å². The minimum Gasteiger partial charge on any atom is -0.481 e. The number of nitrogens with zero attached hydrogens (tertiary/aromatic N) is 3. The summed E-state index contributed by atoms with van der Waals surface area (Å²) in [6.45, 7) is 2.23. The number of sulfonamides is 1. The number of rotatable bonds is 8. The molecule has 2 amide bonds. The molecule has 0 aliphatic heterocycles. The largest absolute Gasteiger partial charge is 0.481 e. The molecule has 0 radical (unpaired) electrons. The molecule has 1 heterocycles. The van der Waals surface area contributed by atoms with E-state index in [9.17, 15) is 21.6 Å². The average molecular weight is 397 g/mol. The Balaban J connectivity index is 2.99. The van der Waals surface area contributed by atoms with Crippen molar-refractivity contribution in [3.63, 3.8) is 0 Å². The number of ether oxygens (including phenoxy) is 2. The summed E-state index contributed by atoms with van der Waals surface area (Å²) in [5.74, 6) is -0.618. The molecule has 0 fully saturated rings. The molecular formula is C11H19N5O7S2. The van der Waals surface area contributed by atoms with Crippen molar-refractivity contribution in [1.82, 2.24) is 18.4 Å². The van der Waals surface area contributed by atoms with Gasteiger partial charge < -0.3 is 9.47 Å². The van der Waals surface area contributed by atoms with E-state index in [1.165, 1.54) is 34.1 Å². The summed E-state index contributed by atoms with van der Waals surface area (Å²) >= 11 is 0. The van der Waals surface area contributed by atoms with Gasteiger partial charge in [-0.1, -0.05) is 10.6 Å². The van der Waals surface area contributed by atoms with E-state index in [1.807, 2.05) is 0 Å². The van der Waals surface area contributed by atoms with Crippen LogP contribution in [0.15, 0.2) is 6.07 Å². The van der Waals surface area contributed by atoms with Crippen LogP contribution in [0.4, 0.5) is 10.7 Å². The van der Waals surface area contributed by atoms with Crippen molar-refractivity contribution in [1.29, 1.82) is 0 Å². The van der Waals surface area contributed by atoms with Crippen molar-refractivity contribution >= 4 is 32.2 Å². The van der Waals surface area contributed by atoms with Crippen molar-refractivity contribution in [2.45, 2.75) is 13.8 Å². The second-order valence-electron chi connectivity index (χ2n) is 4.33. The molecule has 0 saturated carbocycles. The Bertz CT molecular complexity index is 803. The summed E-state index contributed by atoms with van der Waals surface area (Å²) in [6.07, 6.45) is 0. The number of carbonyl (C=O) groups excluding carboxylic acids is 1. The maximum Gasteiger partial charge on any atom is 0.336 e. The number of hydrogen-bond donors (Lipinski definition) is 2. The molecule has 0 aromatic carbocycles. The maximum absolute atomic E-state index is 12.1. The van der Waals surface area contributed by atoms with Gasteiger partial charge in [-0.2, -0.15) is 18.4 Å². The van der Waals surface area contributed by atoms with Crippen molar-refractivity contribution in [2.24, 2.45) is 0 Å². The Morgan fingerprint density at radius 1 is 1.12 bits per heavy atom. The fourth-order valence-corrected chi connectivity index (χ4v) is 4.66. The first-order chi connectivity index (χ1) is 11.6. The lowest BCUT2D eigenvalue weighted by atomic mass is 10.6. The summed E-state index contributed by atoms with van der Waals surface area (Å²) in [5, 5.41) is 2.06. The number of urea groups is 1. The van der Waals surface area contributed by atoms with Crippen molar-refractivity contribution in [2.75, 3.05) is 31.8 Å². The quantitative estimate of drug-likeness (QED) is 0.592. The third kappa shape index (κ3) is 5.40. The van der Waals surface area contributed by atoms with Gasteiger partial charge in [-0.15, -0.1) is 0 Å². The minimum absolute atomic E-state index is 0.0637. The molecule has 25 heavy (non-hydrogen) atoms. The first-order valence-electron chi connectivity index (χ1n) is 6.91. The monoisotopic (exact) mass is 397 g/mol. The predicted octanol–water partition coefficient (Wildman–Crippen LogP) is -0.468. The van der Waals surface area contributed by atoms with E-state index < -0.39 is 32.0 Å². The molecule has 0 atom stereocenters. The van der Waals surface area contributed by atoms with Crippen LogP contribution in [0.1, 0.15) is 13.8 Å². The number of carbonyl (C=O) groups is 1. The first kappa shape index (κ1) is 20.9. The smallest absolute Gasteiger partial charge is 0.336 e. The van der Waals surface area contributed by atoms with Gasteiger partial charge in [0.05, 0.1) is 26.0 Å². The van der Waals surface area contributed by atoms with Gasteiger partial charge >= 0.3 is 16.2 Å². The van der Waals surface area contributed by atoms with Gasteiger partial charge in [-0.05, 0) is 6.92 Å². The summed E-state index contributed by atoms with van der Waals surface area (Å²) in [6, 6.07) is 0.0898. The van der Waals surface area contributed by atoms with Crippen LogP contribution in [0.5, 0.6) is 11.8 Å². The normalized spacial score (nSPS) is 11.9. The van der Waals surface area contributed by atoms with Crippen LogP contribution in [-0.2, 0) is 20.2 Å². The van der Waals surface area contributed by atoms with Crippen LogP contribution >= 0.6 is 0 Å². The number of methoxy groups -OCH3 is 2. The highest BCUT2D eigenvalue weighted by atomic mass is 32.3. The van der Waals surface area contributed by atoms with Gasteiger partial charge in [0.2, 0.25) is 27.7 Å². The standard InChI is InChI=1S/C11H19N5O7S2/c1-5-16(24(18,19)6-2)25(20,21)15-11(17)14-10-12-8(22-3)7-9(13-10)23-4/h7H,5-6H2,1-4H3,(H2,12,13,14,15,17). The zero-order valence-corrected chi connectivity index (χ0v) is 15.6. The van der Waals surface area contributed by atoms with Gasteiger partial charge in [0.25, 0.3) is 0 Å². The molecule has 0 aliphatic carbocycles. The number of amides is 2. The fourth-order valence-electron chi connectivity index (χ4n) is 1.62. The number of hydrogen-bond acceptors (Lipinski definition) is 9. The van der Waals surface area contributed by atoms with Gasteiger partial charge in [0.1, 0.15) is 0 Å². The lowest BCUT2D eigenvalue weighted by molar-refractivity contribution is 0.256. The SMILES string of the molecule is CCN(S(=O)(=O)CC)S(=O)(=O)NC(=O)Nc1nc(OC)cc(OC)n1. The van der Waals surface area contributed by atoms with Crippen molar-refractivity contribution in [3.8, 4) is 11.8 Å². The molecule has 0 unspecified atom stereocenters. The maximum atomic E-state index is 12.1. The molecule has 0 spiro atoms. The highest BCUT2D eigenvalue weighted by molar-refractivity contribution is 8.03. The summed E-state index contributed by atoms with van der Waals surface area (Å²) in [4.78, 5) is 19.5. The fraction of sp³-hybridized carbons (Fsp3) is 0.545. The van der Waals surface area contributed by atoms with Gasteiger partial charge in [-0.25, -0.2) is 17.9 Å². The first-order valence-corrected chi connectivity index (χ1v) is 9.95. The lowest BCUT2D eigenvalue weighted by Crippen LogP contribution is -2.48. The molecular weight excluding hydrogens is 378 g/mol. The molecule has 1 aromatic heterocycles. The van der Waals surface area contributed by atoms with Crippen LogP contribution in [0.25, 0.3) is 0 Å². The summed E-state index contributed by atoms with van der Waals surface area (Å²) < 4.78 is 59.3. The van der Waals surface area contributed by atoms with E-state index in [4.69, 9.17) is 9.47 Å². The van der Waals surface area contributed by atoms with Gasteiger partial charge in [-0.3, -0.25) is 5.32 Å². The van der Waals surface area contributed by atoms with Crippen LogP contribution in [-0.4, -0.2) is 63.1 Å². The highest BCUT2D eigenvalue weighted by Gasteiger charge is 2.32. The Hall–Kier alpha value is -2.19. The summed E-state index contributed by atoms with van der Waals surface area (Å²) in [7, 11) is -6.06. The number of nitrogens with one attached hydrogen (secondary N) is 2. The Kier molecular flexibility index (Phi) is 6.89. The second-order valence-corrected chi connectivity index (χ2v) is 8.34. The van der Waals surface area contributed by atoms with Crippen LogP contribution in [0.2, 0.25) is 0 Å². The molecule has 12 nitrogen and oxygen atoms in total. The zero-order valence-electron chi connectivity index (χ0n) is 14.0. The Morgan fingerprint density at radius 2 is 1.64 bits per heavy atom. The van der Waals surface area contributed by atoms with Crippen LogP contribution < -0.4 is 19.5 Å². The third-order valence-corrected chi connectivity index (χ3v) is 6.86. The van der Waals surface area contributed by atoms with Crippen LogP contribution in [0, 0.1) is 0 Å². The lowest BCUT2D eigenvalue weighted by Gasteiger charge is -2.19. The third-order valence-electron chi connectivity index (χ3n) is 2.75. The zero-order chi connectivity index (χ0) is 19.3. The Morgan fingerprint density at radius 3 is 2.04 bits per heavy atom. The van der Waals surface area contributed by atoms with Crippen molar-refractivity contribution < 1.29 is 31.1 Å². The van der Waals surface area contributed by atoms with Gasteiger partial charge in [0, 0.05) is 6.54 Å². The van der Waals surface area contributed by atoms with Gasteiger partial charge in [0.15, 0.2) is 0 Å². The second kappa shape index (κ2) is 8.26. The van der Waals surface area contributed by atoms with E-state index in [1.54, 1.807) is 4.72 Å². The molecule has 0 aliphatic rings. The topological polar surface area (TPSA) is 157 Å². The van der Waals surface area contributed by atoms with Crippen LogP contribution in [0.3, 0.4) is 0 Å². The summed E-state index contributed by atoms with van der Waals surface area (Å²) in [5.41, 5.74) is 0. The minimum atomic E-state index is -4.63. The predicted molar refractivity (Wildman–Crippen MR) is 88.1 cm³/mol. The van der Waals surface area contributed by atoms with E-state index in [0.717, 1.165) is 0 Å². The number of aromatic nitrogens is 2. The van der Waals surface area contributed by atoms with E-state index in [-0.39, 0.29) is 28.0 Å². The average Bonchev–Trinajstić information content (AvgIpc) is 2.53. The van der Waals surface area contributed by atoms with E-state index >= 15 is 0 Å². The molecule has 1 rings (SSSR count). The van der Waals surface area contributed by atoms with E-state index in [0.29, 0.717) is 0 Å². The molecule has 0 saturated heterocycles. The highest BCUT2D eigenvalue weighted by Crippen LogP contribution is 2.17. The molecule has 142 valence electrons. The Labute approximate surface area is 145 Å². The molecule has 14 heteroatoms. The molecule has 2 N–H and O–H groups in total. The molecule has 0 bridgehead atoms. The number of anilines is 1. The van der Waals surface area contributed by atoms with E-state index in [2.05, 4.69) is 15.3 Å². The molecule has 1 aromatic rings.